The van der Waals surface area contributed by atoms with Crippen molar-refractivity contribution in [1.29, 1.82) is 0 Å². The Bertz CT molecular complexity index is 448. The third-order valence-corrected chi connectivity index (χ3v) is 4.04. The van der Waals surface area contributed by atoms with Gasteiger partial charge in [0.2, 0.25) is 0 Å². The number of hydrogen-bond acceptors (Lipinski definition) is 2. The minimum Gasteiger partial charge on any atom is -0.324 e. The normalized spacial score (nSPS) is 12.6. The van der Waals surface area contributed by atoms with Crippen LogP contribution in [-0.4, -0.2) is 0 Å². The monoisotopic (exact) mass is 245 g/mol. The second-order valence-electron chi connectivity index (χ2n) is 4.43. The molecule has 90 valence electrons. The summed E-state index contributed by atoms with van der Waals surface area (Å²) in [5, 5.41) is 2.14. The molecular formula is C15H19NS. The molecule has 1 aromatic carbocycles. The molecule has 0 aliphatic heterocycles. The molecular weight excluding hydrogens is 226 g/mol. The minimum absolute atomic E-state index is 0.177. The van der Waals surface area contributed by atoms with Crippen LogP contribution in [0.3, 0.4) is 0 Å². The van der Waals surface area contributed by atoms with Gasteiger partial charge in [0.25, 0.3) is 0 Å². The predicted octanol–water partition coefficient (Wildman–Crippen LogP) is 4.08. The predicted molar refractivity (Wildman–Crippen MR) is 75.4 cm³/mol. The SMILES string of the molecule is Cc1ccccc1C(N)CCCc1cccs1. The highest BCUT2D eigenvalue weighted by Gasteiger charge is 2.08. The van der Waals surface area contributed by atoms with Gasteiger partial charge in [-0.15, -0.1) is 11.3 Å². The Morgan fingerprint density at radius 1 is 1.18 bits per heavy atom. The zero-order valence-electron chi connectivity index (χ0n) is 10.2. The van der Waals surface area contributed by atoms with Crippen LogP contribution in [0.2, 0.25) is 0 Å². The van der Waals surface area contributed by atoms with Crippen molar-refractivity contribution >= 4 is 11.3 Å². The third kappa shape index (κ3) is 3.42. The fourth-order valence-electron chi connectivity index (χ4n) is 2.11. The van der Waals surface area contributed by atoms with Gasteiger partial charge in [-0.05, 0) is 48.8 Å². The smallest absolute Gasteiger partial charge is 0.0297 e. The van der Waals surface area contributed by atoms with E-state index in [9.17, 15) is 0 Å². The number of aryl methyl sites for hydroxylation is 2. The van der Waals surface area contributed by atoms with Crippen LogP contribution in [0.1, 0.15) is 34.9 Å². The van der Waals surface area contributed by atoms with E-state index in [0.717, 1.165) is 19.3 Å². The van der Waals surface area contributed by atoms with Crippen molar-refractivity contribution in [3.63, 3.8) is 0 Å². The van der Waals surface area contributed by atoms with Gasteiger partial charge in [0, 0.05) is 10.9 Å². The molecule has 1 heterocycles. The summed E-state index contributed by atoms with van der Waals surface area (Å²) in [5.41, 5.74) is 8.83. The van der Waals surface area contributed by atoms with E-state index in [1.807, 2.05) is 11.3 Å². The highest BCUT2D eigenvalue weighted by molar-refractivity contribution is 7.09. The first-order valence-electron chi connectivity index (χ1n) is 6.11. The summed E-state index contributed by atoms with van der Waals surface area (Å²) in [5.74, 6) is 0. The molecule has 0 saturated heterocycles. The van der Waals surface area contributed by atoms with E-state index in [1.54, 1.807) is 0 Å². The molecule has 2 heteroatoms. The molecule has 0 bridgehead atoms. The summed E-state index contributed by atoms with van der Waals surface area (Å²) in [4.78, 5) is 1.46. The Morgan fingerprint density at radius 3 is 2.71 bits per heavy atom. The number of nitrogens with two attached hydrogens (primary N) is 1. The van der Waals surface area contributed by atoms with Gasteiger partial charge in [-0.2, -0.15) is 0 Å². The highest BCUT2D eigenvalue weighted by atomic mass is 32.1. The molecule has 0 amide bonds. The lowest BCUT2D eigenvalue weighted by Crippen LogP contribution is -2.11. The van der Waals surface area contributed by atoms with Gasteiger partial charge in [-0.1, -0.05) is 30.3 Å². The van der Waals surface area contributed by atoms with Crippen molar-refractivity contribution in [3.05, 3.63) is 57.8 Å². The molecule has 2 N–H and O–H groups in total. The first-order chi connectivity index (χ1) is 8.27. The van der Waals surface area contributed by atoms with E-state index in [-0.39, 0.29) is 6.04 Å². The number of benzene rings is 1. The summed E-state index contributed by atoms with van der Waals surface area (Å²) in [6.07, 6.45) is 3.37. The molecule has 1 unspecified atom stereocenters. The molecule has 0 radical (unpaired) electrons. The van der Waals surface area contributed by atoms with Crippen LogP contribution >= 0.6 is 11.3 Å². The number of thiophene rings is 1. The van der Waals surface area contributed by atoms with Crippen molar-refractivity contribution < 1.29 is 0 Å². The van der Waals surface area contributed by atoms with Gasteiger partial charge >= 0.3 is 0 Å². The zero-order valence-corrected chi connectivity index (χ0v) is 11.0. The Morgan fingerprint density at radius 2 is 2.00 bits per heavy atom. The van der Waals surface area contributed by atoms with E-state index < -0.39 is 0 Å². The molecule has 1 aromatic heterocycles. The van der Waals surface area contributed by atoms with Crippen LogP contribution in [0, 0.1) is 6.92 Å². The zero-order chi connectivity index (χ0) is 12.1. The van der Waals surface area contributed by atoms with E-state index >= 15 is 0 Å². The Kier molecular flexibility index (Phi) is 4.35. The largest absolute Gasteiger partial charge is 0.324 e. The first-order valence-corrected chi connectivity index (χ1v) is 6.99. The third-order valence-electron chi connectivity index (χ3n) is 3.11. The Hall–Kier alpha value is -1.12. The maximum absolute atomic E-state index is 6.24. The van der Waals surface area contributed by atoms with E-state index in [4.69, 9.17) is 5.73 Å². The van der Waals surface area contributed by atoms with Gasteiger partial charge < -0.3 is 5.73 Å². The average molecular weight is 245 g/mol. The van der Waals surface area contributed by atoms with E-state index in [1.165, 1.54) is 16.0 Å². The van der Waals surface area contributed by atoms with Crippen molar-refractivity contribution in [3.8, 4) is 0 Å². The van der Waals surface area contributed by atoms with Crippen LogP contribution in [0.4, 0.5) is 0 Å². The van der Waals surface area contributed by atoms with Gasteiger partial charge in [0.1, 0.15) is 0 Å². The molecule has 1 nitrogen and oxygen atoms in total. The van der Waals surface area contributed by atoms with Gasteiger partial charge in [-0.3, -0.25) is 0 Å². The topological polar surface area (TPSA) is 26.0 Å². The molecule has 0 aliphatic carbocycles. The maximum Gasteiger partial charge on any atom is 0.0297 e. The summed E-state index contributed by atoms with van der Waals surface area (Å²) in [6.45, 7) is 2.13. The van der Waals surface area contributed by atoms with Gasteiger partial charge in [-0.25, -0.2) is 0 Å². The fourth-order valence-corrected chi connectivity index (χ4v) is 2.86. The highest BCUT2D eigenvalue weighted by Crippen LogP contribution is 2.21. The van der Waals surface area contributed by atoms with E-state index in [2.05, 4.69) is 48.7 Å². The van der Waals surface area contributed by atoms with Crippen molar-refractivity contribution in [2.24, 2.45) is 5.73 Å². The average Bonchev–Trinajstić information content (AvgIpc) is 2.82. The summed E-state index contributed by atoms with van der Waals surface area (Å²) >= 11 is 1.83. The van der Waals surface area contributed by atoms with Crippen LogP contribution in [-0.2, 0) is 6.42 Å². The molecule has 0 aliphatic rings. The van der Waals surface area contributed by atoms with Crippen LogP contribution < -0.4 is 5.73 Å². The van der Waals surface area contributed by atoms with Gasteiger partial charge in [0.15, 0.2) is 0 Å². The number of rotatable bonds is 5. The second kappa shape index (κ2) is 5.99. The van der Waals surface area contributed by atoms with Crippen molar-refractivity contribution in [2.75, 3.05) is 0 Å². The Labute approximate surface area is 107 Å². The molecule has 0 saturated carbocycles. The first kappa shape index (κ1) is 12.3. The lowest BCUT2D eigenvalue weighted by molar-refractivity contribution is 0.611. The fraction of sp³-hybridized carbons (Fsp3) is 0.333. The maximum atomic E-state index is 6.24. The second-order valence-corrected chi connectivity index (χ2v) is 5.47. The molecule has 2 rings (SSSR count). The van der Waals surface area contributed by atoms with E-state index in [0.29, 0.717) is 0 Å². The quantitative estimate of drug-likeness (QED) is 0.844. The molecule has 1 atom stereocenters. The standard InChI is InChI=1S/C15H19NS/c1-12-6-2-3-9-14(12)15(16)10-4-7-13-8-5-11-17-13/h2-3,5-6,8-9,11,15H,4,7,10,16H2,1H3. The van der Waals surface area contributed by atoms with Crippen molar-refractivity contribution in [1.82, 2.24) is 0 Å². The number of hydrogen-bond donors (Lipinski definition) is 1. The van der Waals surface area contributed by atoms with Crippen LogP contribution in [0.15, 0.2) is 41.8 Å². The van der Waals surface area contributed by atoms with Crippen LogP contribution in [0.5, 0.6) is 0 Å². The lowest BCUT2D eigenvalue weighted by Gasteiger charge is -2.14. The molecule has 17 heavy (non-hydrogen) atoms. The van der Waals surface area contributed by atoms with Gasteiger partial charge in [0.05, 0.1) is 0 Å². The molecule has 2 aromatic rings. The summed E-state index contributed by atoms with van der Waals surface area (Å²) < 4.78 is 0. The van der Waals surface area contributed by atoms with Crippen LogP contribution in [0.25, 0.3) is 0 Å². The molecule has 0 spiro atoms. The molecule has 0 fully saturated rings. The minimum atomic E-state index is 0.177. The summed E-state index contributed by atoms with van der Waals surface area (Å²) in [6, 6.07) is 12.9. The lowest BCUT2D eigenvalue weighted by atomic mass is 9.97. The Balaban J connectivity index is 1.85. The summed E-state index contributed by atoms with van der Waals surface area (Å²) in [7, 11) is 0. The van der Waals surface area contributed by atoms with Crippen molar-refractivity contribution in [2.45, 2.75) is 32.2 Å².